The van der Waals surface area contributed by atoms with Crippen molar-refractivity contribution in [2.45, 2.75) is 71.1 Å². The van der Waals surface area contributed by atoms with Crippen LogP contribution in [0.3, 0.4) is 0 Å². The van der Waals surface area contributed by atoms with Crippen LogP contribution in [-0.2, 0) is 4.79 Å². The summed E-state index contributed by atoms with van der Waals surface area (Å²) >= 11 is 0. The number of nitrogens with zero attached hydrogens (tertiary/aromatic N) is 4. The van der Waals surface area contributed by atoms with Crippen molar-refractivity contribution in [1.29, 1.82) is 0 Å². The molecule has 2 rings (SSSR count). The Hall–Kier alpha value is -2.24. The molecule has 25 heavy (non-hydrogen) atoms. The lowest BCUT2D eigenvalue weighted by Gasteiger charge is -2.06. The quantitative estimate of drug-likeness (QED) is 0.322. The fraction of sp³-hybridized carbons (Fsp3) is 0.579. The van der Waals surface area contributed by atoms with E-state index < -0.39 is 0 Å². The van der Waals surface area contributed by atoms with E-state index in [1.54, 1.807) is 12.1 Å². The Labute approximate surface area is 149 Å². The third-order valence-electron chi connectivity index (χ3n) is 4.15. The number of ether oxygens (including phenoxy) is 1. The van der Waals surface area contributed by atoms with Crippen LogP contribution in [0, 0.1) is 0 Å². The molecule has 6 heteroatoms. The van der Waals surface area contributed by atoms with E-state index in [-0.39, 0.29) is 5.97 Å². The second kappa shape index (κ2) is 11.3. The van der Waals surface area contributed by atoms with Gasteiger partial charge in [-0.05, 0) is 29.0 Å². The van der Waals surface area contributed by atoms with Crippen molar-refractivity contribution < 1.29 is 9.53 Å². The van der Waals surface area contributed by atoms with Crippen LogP contribution in [0.5, 0.6) is 5.75 Å². The lowest BCUT2D eigenvalue weighted by molar-refractivity contribution is -0.134. The largest absolute Gasteiger partial charge is 0.426 e. The first-order valence-corrected chi connectivity index (χ1v) is 9.33. The van der Waals surface area contributed by atoms with Gasteiger partial charge in [-0.25, -0.2) is 4.68 Å². The average molecular weight is 344 g/mol. The summed E-state index contributed by atoms with van der Waals surface area (Å²) in [6.45, 7) is 2.24. The second-order valence-corrected chi connectivity index (χ2v) is 6.30. The smallest absolute Gasteiger partial charge is 0.311 e. The zero-order valence-corrected chi connectivity index (χ0v) is 15.1. The minimum Gasteiger partial charge on any atom is -0.426 e. The zero-order chi connectivity index (χ0) is 17.7. The molecule has 0 fully saturated rings. The van der Waals surface area contributed by atoms with Gasteiger partial charge in [-0.1, -0.05) is 64.4 Å². The topological polar surface area (TPSA) is 69.9 Å². The minimum atomic E-state index is -0.184. The summed E-state index contributed by atoms with van der Waals surface area (Å²) in [6.07, 6.45) is 13.1. The summed E-state index contributed by atoms with van der Waals surface area (Å²) in [5.74, 6) is 0.339. The van der Waals surface area contributed by atoms with Gasteiger partial charge in [-0.3, -0.25) is 4.79 Å². The number of tetrazole rings is 1. The maximum absolute atomic E-state index is 11.9. The summed E-state index contributed by atoms with van der Waals surface area (Å²) in [5, 5.41) is 11.0. The SMILES string of the molecule is CCCCCCCCCCCC(=O)Oc1cccc(-n2cnnn2)c1. The average Bonchev–Trinajstić information content (AvgIpc) is 3.15. The number of esters is 1. The van der Waals surface area contributed by atoms with Crippen molar-refractivity contribution in [1.82, 2.24) is 20.2 Å². The highest BCUT2D eigenvalue weighted by molar-refractivity contribution is 5.72. The maximum atomic E-state index is 11.9. The molecule has 2 aromatic rings. The Kier molecular flexibility index (Phi) is 8.66. The molecule has 0 atom stereocenters. The molecule has 1 aromatic carbocycles. The predicted octanol–water partition coefficient (Wildman–Crippen LogP) is 4.49. The van der Waals surface area contributed by atoms with Crippen LogP contribution in [0.15, 0.2) is 30.6 Å². The third kappa shape index (κ3) is 7.45. The van der Waals surface area contributed by atoms with E-state index in [1.807, 2.05) is 12.1 Å². The fourth-order valence-corrected chi connectivity index (χ4v) is 2.73. The summed E-state index contributed by atoms with van der Waals surface area (Å²) < 4.78 is 6.93. The number of unbranched alkanes of at least 4 members (excludes halogenated alkanes) is 8. The van der Waals surface area contributed by atoms with Crippen LogP contribution in [0.1, 0.15) is 71.1 Å². The van der Waals surface area contributed by atoms with Crippen molar-refractivity contribution >= 4 is 5.97 Å². The fourth-order valence-electron chi connectivity index (χ4n) is 2.73. The molecule has 0 aliphatic carbocycles. The molecule has 136 valence electrons. The third-order valence-corrected chi connectivity index (χ3v) is 4.15. The predicted molar refractivity (Wildman–Crippen MR) is 96.6 cm³/mol. The van der Waals surface area contributed by atoms with E-state index in [0.717, 1.165) is 18.5 Å². The molecule has 0 spiro atoms. The van der Waals surface area contributed by atoms with Gasteiger partial charge in [0.1, 0.15) is 12.1 Å². The van der Waals surface area contributed by atoms with Gasteiger partial charge >= 0.3 is 5.97 Å². The van der Waals surface area contributed by atoms with Gasteiger partial charge in [-0.15, -0.1) is 5.10 Å². The minimum absolute atomic E-state index is 0.184. The van der Waals surface area contributed by atoms with Crippen LogP contribution >= 0.6 is 0 Å². The first-order valence-electron chi connectivity index (χ1n) is 9.33. The van der Waals surface area contributed by atoms with Crippen LogP contribution in [0.2, 0.25) is 0 Å². The summed E-state index contributed by atoms with van der Waals surface area (Å²) in [7, 11) is 0. The highest BCUT2D eigenvalue weighted by Crippen LogP contribution is 2.17. The molecule has 0 aliphatic rings. The van der Waals surface area contributed by atoms with Crippen LogP contribution in [-0.4, -0.2) is 26.2 Å². The van der Waals surface area contributed by atoms with E-state index >= 15 is 0 Å². The number of carbonyl (C=O) groups is 1. The van der Waals surface area contributed by atoms with Gasteiger partial charge in [0.25, 0.3) is 0 Å². The molecule has 0 N–H and O–H groups in total. The van der Waals surface area contributed by atoms with Gasteiger partial charge in [0.05, 0.1) is 5.69 Å². The Morgan fingerprint density at radius 2 is 1.76 bits per heavy atom. The molecule has 1 heterocycles. The van der Waals surface area contributed by atoms with Crippen molar-refractivity contribution in [3.63, 3.8) is 0 Å². The van der Waals surface area contributed by atoms with E-state index in [2.05, 4.69) is 22.4 Å². The molecule has 0 bridgehead atoms. The molecule has 1 aromatic heterocycles. The monoisotopic (exact) mass is 344 g/mol. The standard InChI is InChI=1S/C19H28N4O2/c1-2-3-4-5-6-7-8-9-10-14-19(24)25-18-13-11-12-17(15-18)23-16-20-21-22-23/h11-13,15-16H,2-10,14H2,1H3. The molecule has 6 nitrogen and oxygen atoms in total. The van der Waals surface area contributed by atoms with Gasteiger partial charge in [-0.2, -0.15) is 0 Å². The summed E-state index contributed by atoms with van der Waals surface area (Å²) in [5.41, 5.74) is 0.762. The Morgan fingerprint density at radius 1 is 1.04 bits per heavy atom. The van der Waals surface area contributed by atoms with Crippen LogP contribution < -0.4 is 4.74 Å². The van der Waals surface area contributed by atoms with E-state index in [0.29, 0.717) is 12.2 Å². The highest BCUT2D eigenvalue weighted by Gasteiger charge is 2.06. The molecule has 0 saturated heterocycles. The molecule has 0 aliphatic heterocycles. The van der Waals surface area contributed by atoms with Gasteiger partial charge in [0.15, 0.2) is 0 Å². The molecule has 0 saturated carbocycles. The molecule has 0 radical (unpaired) electrons. The van der Waals surface area contributed by atoms with Crippen molar-refractivity contribution in [3.8, 4) is 11.4 Å². The number of benzene rings is 1. The lowest BCUT2D eigenvalue weighted by Crippen LogP contribution is -2.08. The summed E-state index contributed by atoms with van der Waals surface area (Å²) in [6, 6.07) is 7.19. The number of carbonyl (C=O) groups excluding carboxylic acids is 1. The number of hydrogen-bond donors (Lipinski definition) is 0. The van der Waals surface area contributed by atoms with Crippen molar-refractivity contribution in [2.24, 2.45) is 0 Å². The maximum Gasteiger partial charge on any atom is 0.311 e. The molecular weight excluding hydrogens is 316 g/mol. The van der Waals surface area contributed by atoms with E-state index in [4.69, 9.17) is 4.74 Å². The number of rotatable bonds is 12. The lowest BCUT2D eigenvalue weighted by atomic mass is 10.1. The van der Waals surface area contributed by atoms with Gasteiger partial charge in [0, 0.05) is 12.5 Å². The van der Waals surface area contributed by atoms with E-state index in [1.165, 1.54) is 56.0 Å². The first kappa shape index (κ1) is 19.1. The zero-order valence-electron chi connectivity index (χ0n) is 15.1. The first-order chi connectivity index (χ1) is 12.3. The molecule has 0 amide bonds. The number of hydrogen-bond acceptors (Lipinski definition) is 5. The van der Waals surface area contributed by atoms with Gasteiger partial charge < -0.3 is 4.74 Å². The van der Waals surface area contributed by atoms with Crippen molar-refractivity contribution in [2.75, 3.05) is 0 Å². The highest BCUT2D eigenvalue weighted by atomic mass is 16.5. The molecule has 0 unspecified atom stereocenters. The Morgan fingerprint density at radius 3 is 2.44 bits per heavy atom. The van der Waals surface area contributed by atoms with Crippen LogP contribution in [0.25, 0.3) is 5.69 Å². The Balaban J connectivity index is 1.60. The second-order valence-electron chi connectivity index (χ2n) is 6.30. The Bertz CT molecular complexity index is 614. The van der Waals surface area contributed by atoms with Crippen LogP contribution in [0.4, 0.5) is 0 Å². The van der Waals surface area contributed by atoms with E-state index in [9.17, 15) is 4.79 Å². The van der Waals surface area contributed by atoms with Crippen molar-refractivity contribution in [3.05, 3.63) is 30.6 Å². The molecular formula is C19H28N4O2. The normalized spacial score (nSPS) is 10.8. The number of aromatic nitrogens is 4. The summed E-state index contributed by atoms with van der Waals surface area (Å²) in [4.78, 5) is 11.9. The van der Waals surface area contributed by atoms with Gasteiger partial charge in [0.2, 0.25) is 0 Å².